The van der Waals surface area contributed by atoms with Gasteiger partial charge in [0.05, 0.1) is 36.0 Å². The van der Waals surface area contributed by atoms with Crippen molar-refractivity contribution in [3.8, 4) is 23.2 Å². The van der Waals surface area contributed by atoms with Crippen molar-refractivity contribution in [3.63, 3.8) is 0 Å². The van der Waals surface area contributed by atoms with Crippen LogP contribution in [0.1, 0.15) is 50.6 Å². The molecule has 0 atom stereocenters. The molecule has 3 rings (SSSR count). The molecule has 27 heavy (non-hydrogen) atoms. The maximum atomic E-state index is 8.54. The van der Waals surface area contributed by atoms with Crippen molar-refractivity contribution in [1.29, 1.82) is 5.26 Å². The molecule has 0 saturated carbocycles. The lowest BCUT2D eigenvalue weighted by Crippen LogP contribution is -1.90. The molecule has 2 aromatic rings. The van der Waals surface area contributed by atoms with Crippen LogP contribution in [0, 0.1) is 11.3 Å². The van der Waals surface area contributed by atoms with Crippen LogP contribution in [-0.2, 0) is 0 Å². The average Bonchev–Trinajstić information content (AvgIpc) is 3.42. The molecule has 5 nitrogen and oxygen atoms in total. The van der Waals surface area contributed by atoms with E-state index in [-0.39, 0.29) is 0 Å². The van der Waals surface area contributed by atoms with Crippen LogP contribution in [0.15, 0.2) is 47.2 Å². The Labute approximate surface area is 160 Å². The molecule has 0 aromatic carbocycles. The van der Waals surface area contributed by atoms with E-state index in [0.29, 0.717) is 6.42 Å². The zero-order chi connectivity index (χ0) is 18.9. The van der Waals surface area contributed by atoms with E-state index in [1.54, 1.807) is 7.11 Å². The Morgan fingerprint density at radius 1 is 1.15 bits per heavy atom. The van der Waals surface area contributed by atoms with Crippen LogP contribution in [-0.4, -0.2) is 22.8 Å². The Morgan fingerprint density at radius 3 is 2.78 bits per heavy atom. The Morgan fingerprint density at radius 2 is 2.00 bits per heavy atom. The first-order valence-corrected chi connectivity index (χ1v) is 9.55. The lowest BCUT2D eigenvalue weighted by atomic mass is 10.1. The Hall–Kier alpha value is -3.00. The van der Waals surface area contributed by atoms with Gasteiger partial charge in [-0.05, 0) is 49.6 Å². The average molecular weight is 362 g/mol. The summed E-state index contributed by atoms with van der Waals surface area (Å²) in [6.45, 7) is 0. The van der Waals surface area contributed by atoms with Crippen molar-refractivity contribution in [1.82, 2.24) is 9.97 Å². The second-order valence-electron chi connectivity index (χ2n) is 6.68. The van der Waals surface area contributed by atoms with Gasteiger partial charge in [0.2, 0.25) is 0 Å². The highest BCUT2D eigenvalue weighted by atomic mass is 16.5. The van der Waals surface area contributed by atoms with Gasteiger partial charge in [-0.2, -0.15) is 5.26 Å². The first-order valence-electron chi connectivity index (χ1n) is 9.55. The van der Waals surface area contributed by atoms with Crippen LogP contribution in [0.3, 0.4) is 0 Å². The second-order valence-corrected chi connectivity index (χ2v) is 6.68. The van der Waals surface area contributed by atoms with Crippen LogP contribution >= 0.6 is 0 Å². The molecule has 3 heterocycles. The minimum Gasteiger partial charge on any atom is -0.494 e. The van der Waals surface area contributed by atoms with Crippen molar-refractivity contribution in [2.75, 3.05) is 7.11 Å². The lowest BCUT2D eigenvalue weighted by molar-refractivity contribution is 0.414. The summed E-state index contributed by atoms with van der Waals surface area (Å²) in [7, 11) is 1.68. The first kappa shape index (κ1) is 18.8. The molecule has 0 spiro atoms. The molecule has 1 aliphatic heterocycles. The number of aliphatic imine (C=N–C) groups is 1. The number of nitriles is 1. The number of ether oxygens (including phenoxy) is 1. The van der Waals surface area contributed by atoms with E-state index in [9.17, 15) is 0 Å². The van der Waals surface area contributed by atoms with E-state index in [4.69, 9.17) is 15.0 Å². The SMILES string of the molecule is COc1cc(-c2ccc[nH]2)[nH]c1/C=C1\C=CC(CCCCCCCC#N)=N1. The van der Waals surface area contributed by atoms with Gasteiger partial charge in [-0.3, -0.25) is 4.99 Å². The molecule has 0 fully saturated rings. The van der Waals surface area contributed by atoms with Crippen LogP contribution in [0.2, 0.25) is 0 Å². The molecule has 0 unspecified atom stereocenters. The number of methoxy groups -OCH3 is 1. The number of hydrogen-bond donors (Lipinski definition) is 2. The van der Waals surface area contributed by atoms with Crippen molar-refractivity contribution < 1.29 is 4.74 Å². The molecule has 0 aliphatic carbocycles. The molecular formula is C22H26N4O. The van der Waals surface area contributed by atoms with E-state index < -0.39 is 0 Å². The number of aromatic amines is 2. The fraction of sp³-hybridized carbons (Fsp3) is 0.364. The summed E-state index contributed by atoms with van der Waals surface area (Å²) in [5, 5.41) is 8.54. The Balaban J connectivity index is 1.56. The molecule has 2 N–H and O–H groups in total. The van der Waals surface area contributed by atoms with Gasteiger partial charge in [0.1, 0.15) is 5.75 Å². The van der Waals surface area contributed by atoms with Gasteiger partial charge in [0.25, 0.3) is 0 Å². The predicted molar refractivity (Wildman–Crippen MR) is 110 cm³/mol. The van der Waals surface area contributed by atoms with E-state index in [1.807, 2.05) is 30.5 Å². The predicted octanol–water partition coefficient (Wildman–Crippen LogP) is 5.62. The largest absolute Gasteiger partial charge is 0.494 e. The summed E-state index contributed by atoms with van der Waals surface area (Å²) in [4.78, 5) is 11.3. The maximum absolute atomic E-state index is 8.54. The smallest absolute Gasteiger partial charge is 0.144 e. The van der Waals surface area contributed by atoms with Crippen LogP contribution in [0.4, 0.5) is 0 Å². The molecule has 0 amide bonds. The van der Waals surface area contributed by atoms with E-state index in [1.165, 1.54) is 12.8 Å². The number of aromatic nitrogens is 2. The van der Waals surface area contributed by atoms with Gasteiger partial charge in [0.15, 0.2) is 0 Å². The number of allylic oxidation sites excluding steroid dienone is 2. The third kappa shape index (κ3) is 5.24. The highest BCUT2D eigenvalue weighted by Gasteiger charge is 2.11. The summed E-state index contributed by atoms with van der Waals surface area (Å²) < 4.78 is 5.50. The van der Waals surface area contributed by atoms with E-state index in [0.717, 1.165) is 59.9 Å². The van der Waals surface area contributed by atoms with Gasteiger partial charge < -0.3 is 14.7 Å². The summed E-state index contributed by atoms with van der Waals surface area (Å²) in [6, 6.07) is 8.19. The lowest BCUT2D eigenvalue weighted by Gasteiger charge is -2.00. The molecule has 1 aliphatic rings. The number of rotatable bonds is 10. The number of nitrogens with zero attached hydrogens (tertiary/aromatic N) is 2. The summed E-state index contributed by atoms with van der Waals surface area (Å²) >= 11 is 0. The zero-order valence-corrected chi connectivity index (χ0v) is 15.8. The topological polar surface area (TPSA) is 77.0 Å². The van der Waals surface area contributed by atoms with Crippen LogP contribution in [0.25, 0.3) is 17.5 Å². The Kier molecular flexibility index (Phi) is 6.70. The highest BCUT2D eigenvalue weighted by Crippen LogP contribution is 2.29. The Bertz CT molecular complexity index is 863. The molecule has 0 radical (unpaired) electrons. The second kappa shape index (κ2) is 9.63. The van der Waals surface area contributed by atoms with Crippen molar-refractivity contribution in [3.05, 3.63) is 47.9 Å². The molecular weight excluding hydrogens is 336 g/mol. The fourth-order valence-corrected chi connectivity index (χ4v) is 3.20. The number of nitrogens with one attached hydrogen (secondary N) is 2. The van der Waals surface area contributed by atoms with Gasteiger partial charge >= 0.3 is 0 Å². The molecule has 0 saturated heterocycles. The number of H-pyrrole nitrogens is 2. The van der Waals surface area contributed by atoms with E-state index >= 15 is 0 Å². The molecule has 5 heteroatoms. The van der Waals surface area contributed by atoms with Gasteiger partial charge in [0, 0.05) is 24.4 Å². The minimum absolute atomic E-state index is 0.678. The van der Waals surface area contributed by atoms with Crippen LogP contribution < -0.4 is 4.74 Å². The fourth-order valence-electron chi connectivity index (χ4n) is 3.20. The first-order chi connectivity index (χ1) is 13.3. The quantitative estimate of drug-likeness (QED) is 0.538. The van der Waals surface area contributed by atoms with Crippen molar-refractivity contribution >= 4 is 11.8 Å². The summed E-state index contributed by atoms with van der Waals surface area (Å²) in [5.74, 6) is 0.807. The third-order valence-electron chi connectivity index (χ3n) is 4.65. The van der Waals surface area contributed by atoms with Gasteiger partial charge in [-0.15, -0.1) is 0 Å². The number of unbranched alkanes of at least 4 members (excludes halogenated alkanes) is 5. The molecule has 0 bridgehead atoms. The monoisotopic (exact) mass is 362 g/mol. The van der Waals surface area contributed by atoms with Crippen LogP contribution in [0.5, 0.6) is 5.75 Å². The minimum atomic E-state index is 0.678. The van der Waals surface area contributed by atoms with Gasteiger partial charge in [-0.1, -0.05) is 19.3 Å². The standard InChI is InChI=1S/C22H26N4O/c1-27-22-16-20(19-10-8-14-24-19)26-21(22)15-18-12-11-17(25-18)9-6-4-2-3-5-7-13-23/h8,10-12,14-16,24,26H,2-7,9H2,1H3/b18-15+. The maximum Gasteiger partial charge on any atom is 0.144 e. The third-order valence-corrected chi connectivity index (χ3v) is 4.65. The molecule has 2 aromatic heterocycles. The van der Waals surface area contributed by atoms with Gasteiger partial charge in [-0.25, -0.2) is 0 Å². The molecule has 140 valence electrons. The number of hydrogen-bond acceptors (Lipinski definition) is 3. The normalized spacial score (nSPS) is 14.5. The van der Waals surface area contributed by atoms with E-state index in [2.05, 4.69) is 28.2 Å². The summed E-state index contributed by atoms with van der Waals surface area (Å²) in [6.07, 6.45) is 15.5. The van der Waals surface area contributed by atoms with Crippen molar-refractivity contribution in [2.24, 2.45) is 4.99 Å². The van der Waals surface area contributed by atoms with Crippen molar-refractivity contribution in [2.45, 2.75) is 44.9 Å². The summed E-state index contributed by atoms with van der Waals surface area (Å²) in [5.41, 5.74) is 5.01. The zero-order valence-electron chi connectivity index (χ0n) is 15.8. The highest BCUT2D eigenvalue weighted by molar-refractivity contribution is 5.99.